The van der Waals surface area contributed by atoms with Crippen LogP contribution in [0.15, 0.2) is 11.1 Å². The Hall–Kier alpha value is -2.30. The molecule has 1 fully saturated rings. The van der Waals surface area contributed by atoms with E-state index in [2.05, 4.69) is 21.9 Å². The van der Waals surface area contributed by atoms with E-state index < -0.39 is 35.9 Å². The molecule has 0 radical (unpaired) electrons. The highest BCUT2D eigenvalue weighted by Gasteiger charge is 2.42. The number of carbonyl (C=O) groups excluding carboxylic acids is 1. The minimum atomic E-state index is -1.17. The molecule has 10 heteroatoms. The van der Waals surface area contributed by atoms with E-state index in [9.17, 15) is 19.8 Å². The lowest BCUT2D eigenvalue weighted by Crippen LogP contribution is -2.38. The van der Waals surface area contributed by atoms with Gasteiger partial charge in [-0.3, -0.25) is 19.1 Å². The van der Waals surface area contributed by atoms with Crippen LogP contribution in [0.25, 0.3) is 11.2 Å². The molecule has 0 spiro atoms. The van der Waals surface area contributed by atoms with Crippen LogP contribution in [0, 0.1) is 0 Å². The van der Waals surface area contributed by atoms with E-state index in [0.717, 1.165) is 19.3 Å². The Morgan fingerprint density at radius 2 is 1.91 bits per heavy atom. The zero-order valence-electron chi connectivity index (χ0n) is 18.7. The quantitative estimate of drug-likeness (QED) is 0.339. The minimum Gasteiger partial charge on any atom is -0.390 e. The highest BCUT2D eigenvalue weighted by atomic mass is 16.5. The largest absolute Gasteiger partial charge is 0.390 e. The average molecular weight is 450 g/mol. The zero-order valence-corrected chi connectivity index (χ0v) is 18.7. The lowest BCUT2D eigenvalue weighted by Gasteiger charge is -2.18. The molecule has 0 aromatic carbocycles. The first kappa shape index (κ1) is 24.3. The fourth-order valence-electron chi connectivity index (χ4n) is 4.22. The number of unbranched alkanes of at least 4 members (excludes halogenated alkanes) is 8. The number of nitrogens with two attached hydrogens (primary N) is 1. The number of aromatic nitrogens is 4. The van der Waals surface area contributed by atoms with Gasteiger partial charge in [0.15, 0.2) is 16.9 Å². The summed E-state index contributed by atoms with van der Waals surface area (Å²) < 4.78 is 7.23. The molecular formula is C22H35N5O5. The third-order valence-electron chi connectivity index (χ3n) is 6.05. The molecule has 2 aromatic heterocycles. The number of ketones is 1. The number of imidazole rings is 1. The smallest absolute Gasteiger partial charge is 0.280 e. The summed E-state index contributed by atoms with van der Waals surface area (Å²) in [4.78, 5) is 35.1. The van der Waals surface area contributed by atoms with Gasteiger partial charge in [0.2, 0.25) is 5.95 Å². The summed E-state index contributed by atoms with van der Waals surface area (Å²) in [6.07, 6.45) is 8.08. The molecule has 10 nitrogen and oxygen atoms in total. The van der Waals surface area contributed by atoms with Gasteiger partial charge in [-0.1, -0.05) is 64.7 Å². The number of ether oxygens (including phenoxy) is 1. The number of nitrogen functional groups attached to an aromatic ring is 1. The maximum atomic E-state index is 12.7. The van der Waals surface area contributed by atoms with Gasteiger partial charge in [-0.25, -0.2) is 4.98 Å². The molecule has 0 bridgehead atoms. The Labute approximate surface area is 187 Å². The number of Topliss-reactive ketones (excluding diaryl/α,β-unsaturated/α-hetero) is 1. The van der Waals surface area contributed by atoms with Gasteiger partial charge in [-0.2, -0.15) is 4.98 Å². The van der Waals surface area contributed by atoms with Crippen LogP contribution < -0.4 is 11.3 Å². The normalized spacial score (nSPS) is 21.9. The van der Waals surface area contributed by atoms with Crippen molar-refractivity contribution >= 4 is 22.9 Å². The highest BCUT2D eigenvalue weighted by Crippen LogP contribution is 2.31. The molecule has 5 N–H and O–H groups in total. The third kappa shape index (κ3) is 5.93. The van der Waals surface area contributed by atoms with Gasteiger partial charge in [-0.15, -0.1) is 0 Å². The molecule has 0 aliphatic carbocycles. The van der Waals surface area contributed by atoms with Crippen molar-refractivity contribution in [3.05, 3.63) is 16.7 Å². The van der Waals surface area contributed by atoms with Crippen LogP contribution in [0.1, 0.15) is 83.8 Å². The summed E-state index contributed by atoms with van der Waals surface area (Å²) in [7, 11) is 0. The third-order valence-corrected chi connectivity index (χ3v) is 6.05. The number of anilines is 1. The Morgan fingerprint density at radius 1 is 1.25 bits per heavy atom. The molecule has 178 valence electrons. The second-order valence-electron chi connectivity index (χ2n) is 8.62. The molecule has 1 aliphatic heterocycles. The zero-order chi connectivity index (χ0) is 23.1. The lowest BCUT2D eigenvalue weighted by molar-refractivity contribution is -0.144. The minimum absolute atomic E-state index is 0.0631. The summed E-state index contributed by atoms with van der Waals surface area (Å²) in [6.45, 7) is 2.21. The summed E-state index contributed by atoms with van der Waals surface area (Å²) >= 11 is 0. The Balaban J connectivity index is 1.47. The number of H-pyrrole nitrogens is 1. The molecule has 3 rings (SSSR count). The number of hydrogen-bond acceptors (Lipinski definition) is 8. The number of aliphatic hydroxyl groups is 2. The van der Waals surface area contributed by atoms with E-state index in [0.29, 0.717) is 6.42 Å². The van der Waals surface area contributed by atoms with Crippen molar-refractivity contribution < 1.29 is 19.7 Å². The molecule has 0 saturated carbocycles. The molecule has 0 amide bonds. The van der Waals surface area contributed by atoms with Gasteiger partial charge in [-0.05, 0) is 6.42 Å². The summed E-state index contributed by atoms with van der Waals surface area (Å²) in [5.74, 6) is -0.582. The first-order valence-electron chi connectivity index (χ1n) is 11.7. The summed E-state index contributed by atoms with van der Waals surface area (Å²) in [5.41, 5.74) is 5.44. The van der Waals surface area contributed by atoms with Crippen molar-refractivity contribution in [1.29, 1.82) is 0 Å². The van der Waals surface area contributed by atoms with Crippen molar-refractivity contribution in [3.8, 4) is 0 Å². The van der Waals surface area contributed by atoms with Crippen LogP contribution in [0.4, 0.5) is 5.95 Å². The topological polar surface area (TPSA) is 156 Å². The lowest BCUT2D eigenvalue weighted by atomic mass is 9.99. The predicted octanol–water partition coefficient (Wildman–Crippen LogP) is 2.20. The Bertz CT molecular complexity index is 942. The monoisotopic (exact) mass is 449 g/mol. The van der Waals surface area contributed by atoms with Crippen molar-refractivity contribution in [2.24, 2.45) is 0 Å². The first-order valence-corrected chi connectivity index (χ1v) is 11.7. The number of rotatable bonds is 13. The Morgan fingerprint density at radius 3 is 2.59 bits per heavy atom. The number of aromatic amines is 1. The number of nitrogens with one attached hydrogen (secondary N) is 1. The number of nitrogens with zero attached hydrogens (tertiary/aromatic N) is 3. The SMILES string of the molecule is CCCCCCCCCCCC(O)C(=O)[C@H]1O[C@@H](n2cnc3c(=O)[nH]c(N)nc32)C[C@@H]1O. The van der Waals surface area contributed by atoms with E-state index in [1.165, 1.54) is 49.4 Å². The van der Waals surface area contributed by atoms with Crippen LogP contribution in [0.5, 0.6) is 0 Å². The Kier molecular flexibility index (Phi) is 8.77. The van der Waals surface area contributed by atoms with Crippen molar-refractivity contribution in [3.63, 3.8) is 0 Å². The van der Waals surface area contributed by atoms with Gasteiger partial charge in [0.25, 0.3) is 5.56 Å². The molecular weight excluding hydrogens is 414 g/mol. The highest BCUT2D eigenvalue weighted by molar-refractivity contribution is 5.88. The molecule has 1 unspecified atom stereocenters. The van der Waals surface area contributed by atoms with Crippen LogP contribution >= 0.6 is 0 Å². The van der Waals surface area contributed by atoms with Crippen molar-refractivity contribution in [2.75, 3.05) is 5.73 Å². The molecule has 2 aromatic rings. The molecule has 1 saturated heterocycles. The fourth-order valence-corrected chi connectivity index (χ4v) is 4.22. The number of aliphatic hydroxyl groups excluding tert-OH is 2. The van der Waals surface area contributed by atoms with E-state index in [4.69, 9.17) is 10.5 Å². The number of hydrogen-bond donors (Lipinski definition) is 4. The summed E-state index contributed by atoms with van der Waals surface area (Å²) in [5, 5.41) is 20.7. The molecule has 4 atom stereocenters. The van der Waals surface area contributed by atoms with E-state index in [1.54, 1.807) is 0 Å². The number of carbonyl (C=O) groups is 1. The number of fused-ring (bicyclic) bond motifs is 1. The van der Waals surface area contributed by atoms with Crippen LogP contribution in [-0.2, 0) is 9.53 Å². The average Bonchev–Trinajstić information content (AvgIpc) is 3.35. The van der Waals surface area contributed by atoms with Crippen LogP contribution in [0.3, 0.4) is 0 Å². The fraction of sp³-hybridized carbons (Fsp3) is 0.727. The van der Waals surface area contributed by atoms with E-state index >= 15 is 0 Å². The second-order valence-corrected chi connectivity index (χ2v) is 8.62. The van der Waals surface area contributed by atoms with E-state index in [-0.39, 0.29) is 23.5 Å². The second kappa shape index (κ2) is 11.5. The van der Waals surface area contributed by atoms with Crippen LogP contribution in [0.2, 0.25) is 0 Å². The molecule has 32 heavy (non-hydrogen) atoms. The predicted molar refractivity (Wildman–Crippen MR) is 120 cm³/mol. The van der Waals surface area contributed by atoms with Gasteiger partial charge in [0, 0.05) is 6.42 Å². The maximum absolute atomic E-state index is 12.7. The maximum Gasteiger partial charge on any atom is 0.280 e. The van der Waals surface area contributed by atoms with E-state index in [1.807, 2.05) is 0 Å². The van der Waals surface area contributed by atoms with Crippen molar-refractivity contribution in [1.82, 2.24) is 19.5 Å². The summed E-state index contributed by atoms with van der Waals surface area (Å²) in [6, 6.07) is 0. The van der Waals surface area contributed by atoms with Crippen molar-refractivity contribution in [2.45, 2.75) is 102 Å². The molecule has 3 heterocycles. The molecule has 1 aliphatic rings. The van der Waals surface area contributed by atoms with Gasteiger partial charge >= 0.3 is 0 Å². The van der Waals surface area contributed by atoms with Gasteiger partial charge < -0.3 is 20.7 Å². The van der Waals surface area contributed by atoms with Crippen LogP contribution in [-0.4, -0.2) is 53.8 Å². The first-order chi connectivity index (χ1) is 15.4. The standard InChI is InChI=1S/C22H35N5O5/c1-2-3-4-5-6-7-8-9-10-11-14(28)18(30)19-15(29)12-16(32-19)27-13-24-17-20(27)25-22(23)26-21(17)31/h13-16,19,28-29H,2-12H2,1H3,(H3,23,25,26,31)/t14?,15-,16+,19-/m0/s1. The van der Waals surface area contributed by atoms with Gasteiger partial charge in [0.05, 0.1) is 12.4 Å². The van der Waals surface area contributed by atoms with Gasteiger partial charge in [0.1, 0.15) is 18.4 Å².